The van der Waals surface area contributed by atoms with E-state index in [0.29, 0.717) is 0 Å². The van der Waals surface area contributed by atoms with Crippen molar-refractivity contribution in [2.24, 2.45) is 5.41 Å². The van der Waals surface area contributed by atoms with Crippen molar-refractivity contribution in [3.63, 3.8) is 0 Å². The molecule has 0 atom stereocenters. The van der Waals surface area contributed by atoms with E-state index in [2.05, 4.69) is 9.47 Å². The highest BCUT2D eigenvalue weighted by atomic mass is 19.2. The molecular formula is C13H13F5O3. The van der Waals surface area contributed by atoms with Crippen LogP contribution in [0.3, 0.4) is 0 Å². The van der Waals surface area contributed by atoms with Crippen LogP contribution in [0.5, 0.6) is 0 Å². The first-order chi connectivity index (χ1) is 9.54. The lowest BCUT2D eigenvalue weighted by Crippen LogP contribution is -2.19. The molecule has 0 saturated heterocycles. The molecule has 1 aromatic carbocycles. The zero-order chi connectivity index (χ0) is 16.4. The second-order valence-electron chi connectivity index (χ2n) is 5.44. The molecule has 0 bridgehead atoms. The van der Waals surface area contributed by atoms with Crippen molar-refractivity contribution < 1.29 is 36.2 Å². The summed E-state index contributed by atoms with van der Waals surface area (Å²) in [7, 11) is 0. The fourth-order valence-corrected chi connectivity index (χ4v) is 1.23. The summed E-state index contributed by atoms with van der Waals surface area (Å²) in [6, 6.07) is 0. The molecule has 3 nitrogen and oxygen atoms in total. The molecule has 0 spiro atoms. The van der Waals surface area contributed by atoms with E-state index in [4.69, 9.17) is 0 Å². The molecule has 1 aromatic rings. The molecule has 1 rings (SSSR count). The molecule has 0 aliphatic heterocycles. The van der Waals surface area contributed by atoms with Gasteiger partial charge in [0.25, 0.3) is 0 Å². The summed E-state index contributed by atoms with van der Waals surface area (Å²) in [6.07, 6.45) is -1.27. The van der Waals surface area contributed by atoms with Gasteiger partial charge in [-0.3, -0.25) is 0 Å². The van der Waals surface area contributed by atoms with Gasteiger partial charge in [-0.2, -0.15) is 0 Å². The Morgan fingerprint density at radius 1 is 0.857 bits per heavy atom. The van der Waals surface area contributed by atoms with Crippen LogP contribution in [0.15, 0.2) is 0 Å². The van der Waals surface area contributed by atoms with Gasteiger partial charge in [0.1, 0.15) is 6.61 Å². The van der Waals surface area contributed by atoms with E-state index in [1.807, 2.05) is 0 Å². The fraction of sp³-hybridized carbons (Fsp3) is 0.462. The van der Waals surface area contributed by atoms with E-state index in [9.17, 15) is 26.7 Å². The smallest absolute Gasteiger partial charge is 0.434 e. The third kappa shape index (κ3) is 4.30. The maximum Gasteiger partial charge on any atom is 0.508 e. The Labute approximate surface area is 117 Å². The molecule has 21 heavy (non-hydrogen) atoms. The first-order valence-corrected chi connectivity index (χ1v) is 5.84. The summed E-state index contributed by atoms with van der Waals surface area (Å²) in [5.41, 5.74) is -1.61. The van der Waals surface area contributed by atoms with E-state index in [-0.39, 0.29) is 12.0 Å². The molecule has 0 radical (unpaired) electrons. The van der Waals surface area contributed by atoms with Crippen LogP contribution in [-0.4, -0.2) is 12.8 Å². The minimum absolute atomic E-state index is 0.0388. The van der Waals surface area contributed by atoms with Crippen molar-refractivity contribution in [3.05, 3.63) is 34.6 Å². The predicted octanol–water partition coefficient (Wildman–Crippen LogP) is 4.08. The van der Waals surface area contributed by atoms with Gasteiger partial charge in [0, 0.05) is 0 Å². The summed E-state index contributed by atoms with van der Waals surface area (Å²) >= 11 is 0. The number of halogens is 5. The molecule has 0 aliphatic carbocycles. The topological polar surface area (TPSA) is 35.5 Å². The zero-order valence-electron chi connectivity index (χ0n) is 11.5. The van der Waals surface area contributed by atoms with Gasteiger partial charge < -0.3 is 9.47 Å². The summed E-state index contributed by atoms with van der Waals surface area (Å²) in [5.74, 6) is -10.6. The summed E-state index contributed by atoms with van der Waals surface area (Å²) < 4.78 is 74.1. The van der Waals surface area contributed by atoms with Gasteiger partial charge in [-0.1, -0.05) is 20.8 Å². The van der Waals surface area contributed by atoms with Gasteiger partial charge in [0.2, 0.25) is 5.82 Å². The van der Waals surface area contributed by atoms with Crippen LogP contribution in [0.4, 0.5) is 26.7 Å². The highest BCUT2D eigenvalue weighted by molar-refractivity contribution is 5.59. The lowest BCUT2D eigenvalue weighted by molar-refractivity contribution is 0.0274. The first-order valence-electron chi connectivity index (χ1n) is 5.84. The van der Waals surface area contributed by atoms with E-state index >= 15 is 0 Å². The van der Waals surface area contributed by atoms with Gasteiger partial charge >= 0.3 is 6.16 Å². The normalized spacial score (nSPS) is 11.4. The van der Waals surface area contributed by atoms with Crippen LogP contribution in [0.25, 0.3) is 0 Å². The zero-order valence-corrected chi connectivity index (χ0v) is 11.5. The van der Waals surface area contributed by atoms with Gasteiger partial charge in [-0.25, -0.2) is 26.7 Å². The van der Waals surface area contributed by atoms with Crippen molar-refractivity contribution in [2.75, 3.05) is 6.61 Å². The molecular weight excluding hydrogens is 299 g/mol. The number of hydrogen-bond donors (Lipinski definition) is 0. The number of benzene rings is 1. The van der Waals surface area contributed by atoms with E-state index in [1.165, 1.54) is 0 Å². The molecule has 0 unspecified atom stereocenters. The largest absolute Gasteiger partial charge is 0.508 e. The number of hydrogen-bond acceptors (Lipinski definition) is 3. The van der Waals surface area contributed by atoms with Crippen molar-refractivity contribution in [1.82, 2.24) is 0 Å². The Morgan fingerprint density at radius 3 is 1.71 bits per heavy atom. The maximum absolute atomic E-state index is 13.3. The Hall–Kier alpha value is -1.86. The fourth-order valence-electron chi connectivity index (χ4n) is 1.23. The Morgan fingerprint density at radius 2 is 1.29 bits per heavy atom. The SMILES string of the molecule is CC(C)(C)COC(=O)OCc1c(F)c(F)c(F)c(F)c1F. The molecule has 0 saturated carbocycles. The van der Waals surface area contributed by atoms with E-state index in [0.717, 1.165) is 0 Å². The molecule has 0 N–H and O–H groups in total. The quantitative estimate of drug-likeness (QED) is 0.365. The Balaban J connectivity index is 2.79. The number of rotatable bonds is 3. The van der Waals surface area contributed by atoms with Crippen molar-refractivity contribution in [3.8, 4) is 0 Å². The number of carbonyl (C=O) groups excluding carboxylic acids is 1. The summed E-state index contributed by atoms with van der Waals surface area (Å²) in [4.78, 5) is 11.2. The first kappa shape index (κ1) is 17.2. The molecule has 8 heteroatoms. The van der Waals surface area contributed by atoms with Crippen molar-refractivity contribution in [1.29, 1.82) is 0 Å². The van der Waals surface area contributed by atoms with Crippen LogP contribution in [-0.2, 0) is 16.1 Å². The summed E-state index contributed by atoms with van der Waals surface area (Å²) in [5, 5.41) is 0. The van der Waals surface area contributed by atoms with Gasteiger partial charge in [-0.15, -0.1) is 0 Å². The van der Waals surface area contributed by atoms with E-state index < -0.39 is 47.4 Å². The predicted molar refractivity (Wildman–Crippen MR) is 61.8 cm³/mol. The van der Waals surface area contributed by atoms with Crippen LogP contribution in [0, 0.1) is 34.5 Å². The molecule has 0 fully saturated rings. The second-order valence-corrected chi connectivity index (χ2v) is 5.44. The lowest BCUT2D eigenvalue weighted by atomic mass is 9.99. The molecule has 0 heterocycles. The number of ether oxygens (including phenoxy) is 2. The third-order valence-electron chi connectivity index (χ3n) is 2.26. The minimum Gasteiger partial charge on any atom is -0.434 e. The van der Waals surface area contributed by atoms with Crippen LogP contribution in [0.2, 0.25) is 0 Å². The van der Waals surface area contributed by atoms with Gasteiger partial charge in [-0.05, 0) is 5.41 Å². The molecule has 0 aromatic heterocycles. The standard InChI is InChI=1S/C13H13F5O3/c1-13(2,3)5-21-12(19)20-4-6-7(14)9(16)11(18)10(17)8(6)15/h4-5H2,1-3H3. The number of carbonyl (C=O) groups is 1. The van der Waals surface area contributed by atoms with E-state index in [1.54, 1.807) is 20.8 Å². The van der Waals surface area contributed by atoms with Crippen molar-refractivity contribution >= 4 is 6.16 Å². The van der Waals surface area contributed by atoms with Crippen LogP contribution < -0.4 is 0 Å². The second kappa shape index (κ2) is 6.28. The molecule has 0 amide bonds. The van der Waals surface area contributed by atoms with Crippen LogP contribution in [0.1, 0.15) is 26.3 Å². The average molecular weight is 312 g/mol. The Kier molecular flexibility index (Phi) is 5.14. The van der Waals surface area contributed by atoms with Crippen LogP contribution >= 0.6 is 0 Å². The van der Waals surface area contributed by atoms with Gasteiger partial charge in [0.05, 0.1) is 12.2 Å². The lowest BCUT2D eigenvalue weighted by Gasteiger charge is -2.17. The van der Waals surface area contributed by atoms with Crippen molar-refractivity contribution in [2.45, 2.75) is 27.4 Å². The molecule has 118 valence electrons. The third-order valence-corrected chi connectivity index (χ3v) is 2.26. The molecule has 0 aliphatic rings. The highest BCUT2D eigenvalue weighted by Gasteiger charge is 2.26. The summed E-state index contributed by atoms with van der Waals surface area (Å²) in [6.45, 7) is 4.09. The average Bonchev–Trinajstić information content (AvgIpc) is 2.40. The maximum atomic E-state index is 13.3. The Bertz CT molecular complexity index is 523. The van der Waals surface area contributed by atoms with Gasteiger partial charge in [0.15, 0.2) is 23.3 Å². The monoisotopic (exact) mass is 312 g/mol. The highest BCUT2D eigenvalue weighted by Crippen LogP contribution is 2.23. The minimum atomic E-state index is -2.27.